The molecule has 0 bridgehead atoms. The molecule has 1 unspecified atom stereocenters. The third-order valence-corrected chi connectivity index (χ3v) is 4.49. The van der Waals surface area contributed by atoms with Crippen molar-refractivity contribution in [3.8, 4) is 0 Å². The van der Waals surface area contributed by atoms with Crippen LogP contribution in [0.2, 0.25) is 0 Å². The van der Waals surface area contributed by atoms with Gasteiger partial charge >= 0.3 is 5.97 Å². The molecule has 140 valence electrons. The second-order valence-corrected chi connectivity index (χ2v) is 6.66. The first-order valence-electron chi connectivity index (χ1n) is 8.50. The lowest BCUT2D eigenvalue weighted by Crippen LogP contribution is -2.28. The van der Waals surface area contributed by atoms with Gasteiger partial charge in [-0.1, -0.05) is 0 Å². The maximum Gasteiger partial charge on any atom is 0.341 e. The number of fused-ring (bicyclic) bond motifs is 1. The smallest absolute Gasteiger partial charge is 0.341 e. The Morgan fingerprint density at radius 3 is 2.77 bits per heavy atom. The molecule has 3 rings (SSSR count). The minimum atomic E-state index is -1.32. The topological polar surface area (TPSA) is 75.0 Å². The number of aromatic carboxylic acids is 1. The van der Waals surface area contributed by atoms with E-state index in [0.717, 1.165) is 19.0 Å². The Morgan fingerprint density at radius 2 is 2.15 bits per heavy atom. The second kappa shape index (κ2) is 7.05. The minimum absolute atomic E-state index is 0.0251. The molecule has 2 heterocycles. The predicted octanol–water partition coefficient (Wildman–Crippen LogP) is 1.93. The zero-order valence-corrected chi connectivity index (χ0v) is 15.0. The molecule has 1 aromatic heterocycles. The number of aryl methyl sites for hydroxylation is 1. The number of rotatable bonds is 5. The maximum absolute atomic E-state index is 14.7. The fourth-order valence-corrected chi connectivity index (χ4v) is 3.26. The lowest BCUT2D eigenvalue weighted by atomic mass is 10.1. The molecule has 26 heavy (non-hydrogen) atoms. The number of likely N-dealkylation sites (N-methyl/N-ethyl adjacent to an activating group) is 1. The molecular weight excluding hydrogens is 341 g/mol. The van der Waals surface area contributed by atoms with Crippen molar-refractivity contribution in [1.82, 2.24) is 9.47 Å². The van der Waals surface area contributed by atoms with Crippen LogP contribution in [0.5, 0.6) is 0 Å². The zero-order valence-electron chi connectivity index (χ0n) is 15.0. The van der Waals surface area contributed by atoms with Crippen LogP contribution < -0.4 is 10.5 Å². The third-order valence-electron chi connectivity index (χ3n) is 4.49. The zero-order chi connectivity index (χ0) is 19.0. The van der Waals surface area contributed by atoms with E-state index in [1.165, 1.54) is 11.3 Å². The number of benzene rings is 1. The molecule has 1 aliphatic rings. The molecule has 1 aliphatic heterocycles. The summed E-state index contributed by atoms with van der Waals surface area (Å²) in [6, 6.07) is 2.66. The highest BCUT2D eigenvalue weighted by molar-refractivity contribution is 5.93. The number of halogens is 1. The molecule has 1 N–H and O–H groups in total. The molecule has 1 atom stereocenters. The van der Waals surface area contributed by atoms with Gasteiger partial charge in [-0.05, 0) is 39.6 Å². The van der Waals surface area contributed by atoms with Gasteiger partial charge in [-0.3, -0.25) is 14.7 Å². The number of carbonyl (C=O) groups is 1. The van der Waals surface area contributed by atoms with E-state index in [1.54, 1.807) is 10.6 Å². The van der Waals surface area contributed by atoms with Gasteiger partial charge in [-0.25, -0.2) is 9.18 Å². The number of anilines is 1. The number of pyridine rings is 1. The first-order valence-corrected chi connectivity index (χ1v) is 8.50. The maximum atomic E-state index is 14.7. The first kappa shape index (κ1) is 18.3. The lowest BCUT2D eigenvalue weighted by molar-refractivity contribution is 0.0670. The number of hydrogen-bond donors (Lipinski definition) is 1. The summed E-state index contributed by atoms with van der Waals surface area (Å²) < 4.78 is 16.3. The van der Waals surface area contributed by atoms with Crippen LogP contribution in [0.15, 0.2) is 23.1 Å². The van der Waals surface area contributed by atoms with Crippen molar-refractivity contribution in [2.45, 2.75) is 26.0 Å². The normalized spacial score (nSPS) is 17.4. The molecule has 0 aliphatic carbocycles. The second-order valence-electron chi connectivity index (χ2n) is 6.66. The Kier molecular flexibility index (Phi) is 4.97. The van der Waals surface area contributed by atoms with Crippen molar-refractivity contribution in [3.63, 3.8) is 0 Å². The molecule has 7 nitrogen and oxygen atoms in total. The minimum Gasteiger partial charge on any atom is -0.477 e. The van der Waals surface area contributed by atoms with Crippen molar-refractivity contribution in [3.05, 3.63) is 39.9 Å². The number of hydroxylamine groups is 1. The van der Waals surface area contributed by atoms with Gasteiger partial charge in [0.05, 0.1) is 5.52 Å². The van der Waals surface area contributed by atoms with Gasteiger partial charge < -0.3 is 14.6 Å². The van der Waals surface area contributed by atoms with E-state index >= 15 is 0 Å². The molecule has 1 fully saturated rings. The summed E-state index contributed by atoms with van der Waals surface area (Å²) in [6.07, 6.45) is 2.05. The standard InChI is InChI=1S/C18H22FN3O4/c1-4-21-10-13(18(24)25)17(23)12-7-14(19)16(8-15(12)21)22-6-5-11(26-22)9-20(2)3/h7-8,10-11H,4-6,9H2,1-3H3,(H,24,25). The lowest BCUT2D eigenvalue weighted by Gasteiger charge is -2.21. The number of carboxylic acid groups (broad SMARTS) is 1. The fraction of sp³-hybridized carbons (Fsp3) is 0.444. The molecule has 1 aromatic carbocycles. The number of hydrogen-bond acceptors (Lipinski definition) is 5. The van der Waals surface area contributed by atoms with Crippen LogP contribution in [0.1, 0.15) is 23.7 Å². The van der Waals surface area contributed by atoms with Gasteiger partial charge in [0.15, 0.2) is 0 Å². The average molecular weight is 363 g/mol. The van der Waals surface area contributed by atoms with Crippen LogP contribution in [-0.4, -0.2) is 53.8 Å². The van der Waals surface area contributed by atoms with Crippen molar-refractivity contribution >= 4 is 22.6 Å². The largest absolute Gasteiger partial charge is 0.477 e. The van der Waals surface area contributed by atoms with E-state index in [2.05, 4.69) is 0 Å². The van der Waals surface area contributed by atoms with Crippen LogP contribution in [0, 0.1) is 5.82 Å². The van der Waals surface area contributed by atoms with Gasteiger partial charge in [0, 0.05) is 31.2 Å². The van der Waals surface area contributed by atoms with Crippen LogP contribution in [0.25, 0.3) is 10.9 Å². The van der Waals surface area contributed by atoms with Gasteiger partial charge in [-0.2, -0.15) is 0 Å². The summed E-state index contributed by atoms with van der Waals surface area (Å²) in [5, 5.41) is 10.8. The Labute approximate surface area is 150 Å². The highest BCUT2D eigenvalue weighted by Gasteiger charge is 2.27. The van der Waals surface area contributed by atoms with E-state index in [-0.39, 0.29) is 22.7 Å². The molecular formula is C18H22FN3O4. The van der Waals surface area contributed by atoms with Crippen molar-refractivity contribution < 1.29 is 19.1 Å². The summed E-state index contributed by atoms with van der Waals surface area (Å²) in [4.78, 5) is 31.5. The SMILES string of the molecule is CCn1cc(C(=O)O)c(=O)c2cc(F)c(N3CCC(CN(C)C)O3)cc21. The Morgan fingerprint density at radius 1 is 1.42 bits per heavy atom. The van der Waals surface area contributed by atoms with Gasteiger partial charge in [0.25, 0.3) is 0 Å². The van der Waals surface area contributed by atoms with E-state index in [9.17, 15) is 19.1 Å². The summed E-state index contributed by atoms with van der Waals surface area (Å²) in [5.41, 5.74) is -0.313. The predicted molar refractivity (Wildman–Crippen MR) is 96.2 cm³/mol. The summed E-state index contributed by atoms with van der Waals surface area (Å²) >= 11 is 0. The molecule has 0 amide bonds. The summed E-state index contributed by atoms with van der Waals surface area (Å²) in [6.45, 7) is 3.56. The summed E-state index contributed by atoms with van der Waals surface area (Å²) in [7, 11) is 3.89. The van der Waals surface area contributed by atoms with Crippen LogP contribution >= 0.6 is 0 Å². The van der Waals surface area contributed by atoms with Gasteiger partial charge in [0.1, 0.15) is 23.2 Å². The Balaban J connectivity index is 2.07. The highest BCUT2D eigenvalue weighted by Crippen LogP contribution is 2.29. The first-order chi connectivity index (χ1) is 12.3. The molecule has 0 saturated carbocycles. The van der Waals surface area contributed by atoms with Crippen molar-refractivity contribution in [2.24, 2.45) is 0 Å². The van der Waals surface area contributed by atoms with Crippen molar-refractivity contribution in [2.75, 3.05) is 32.2 Å². The molecule has 0 spiro atoms. The van der Waals surface area contributed by atoms with Crippen LogP contribution in [-0.2, 0) is 11.4 Å². The Hall–Kier alpha value is -2.45. The van der Waals surface area contributed by atoms with Crippen LogP contribution in [0.3, 0.4) is 0 Å². The molecule has 8 heteroatoms. The quantitative estimate of drug-likeness (QED) is 0.875. The van der Waals surface area contributed by atoms with E-state index in [4.69, 9.17) is 4.84 Å². The highest BCUT2D eigenvalue weighted by atomic mass is 19.1. The van der Waals surface area contributed by atoms with Crippen molar-refractivity contribution in [1.29, 1.82) is 0 Å². The Bertz CT molecular complexity index is 909. The van der Waals surface area contributed by atoms with E-state index < -0.39 is 17.2 Å². The van der Waals surface area contributed by atoms with Gasteiger partial charge in [0.2, 0.25) is 5.43 Å². The third kappa shape index (κ3) is 3.30. The fourth-order valence-electron chi connectivity index (χ4n) is 3.26. The monoisotopic (exact) mass is 363 g/mol. The number of aromatic nitrogens is 1. The average Bonchev–Trinajstić information content (AvgIpc) is 3.02. The number of nitrogens with zero attached hydrogens (tertiary/aromatic N) is 3. The molecule has 1 saturated heterocycles. The van der Waals surface area contributed by atoms with E-state index in [1.807, 2.05) is 25.9 Å². The van der Waals surface area contributed by atoms with Crippen LogP contribution in [0.4, 0.5) is 10.1 Å². The van der Waals surface area contributed by atoms with Gasteiger partial charge in [-0.15, -0.1) is 0 Å². The summed E-state index contributed by atoms with van der Waals surface area (Å²) in [5.74, 6) is -1.93. The molecule has 0 radical (unpaired) electrons. The van der Waals surface area contributed by atoms with E-state index in [0.29, 0.717) is 18.6 Å². The number of carboxylic acids is 1. The molecule has 2 aromatic rings.